The van der Waals surface area contributed by atoms with Crippen LogP contribution in [0.1, 0.15) is 29.8 Å². The van der Waals surface area contributed by atoms with Crippen LogP contribution in [-0.2, 0) is 19.6 Å². The number of esters is 1. The number of hydrogen-bond acceptors (Lipinski definition) is 5. The first kappa shape index (κ1) is 21.6. The van der Waals surface area contributed by atoms with Crippen molar-refractivity contribution in [3.8, 4) is 0 Å². The third-order valence-corrected chi connectivity index (χ3v) is 6.21. The Labute approximate surface area is 165 Å². The minimum Gasteiger partial charge on any atom is -0.452 e. The van der Waals surface area contributed by atoms with Gasteiger partial charge in [0.1, 0.15) is 0 Å². The number of carbonyl (C=O) groups excluding carboxylic acids is 2. The van der Waals surface area contributed by atoms with Crippen molar-refractivity contribution in [2.45, 2.75) is 31.7 Å². The average molecular weight is 404 g/mol. The van der Waals surface area contributed by atoms with E-state index in [1.54, 1.807) is 38.1 Å². The Morgan fingerprint density at radius 3 is 2.14 bits per heavy atom. The molecule has 0 aliphatic heterocycles. The highest BCUT2D eigenvalue weighted by Crippen LogP contribution is 2.19. The molecule has 7 nitrogen and oxygen atoms in total. The third-order valence-electron chi connectivity index (χ3n) is 4.16. The fraction of sp³-hybridized carbons (Fsp3) is 0.300. The third kappa shape index (κ3) is 5.40. The van der Waals surface area contributed by atoms with Crippen LogP contribution in [0.15, 0.2) is 53.4 Å². The highest BCUT2D eigenvalue weighted by Gasteiger charge is 2.22. The summed E-state index contributed by atoms with van der Waals surface area (Å²) in [4.78, 5) is 24.0. The van der Waals surface area contributed by atoms with Crippen LogP contribution in [0.5, 0.6) is 0 Å². The molecule has 0 aromatic heterocycles. The van der Waals surface area contributed by atoms with Crippen LogP contribution in [0.2, 0.25) is 0 Å². The standard InChI is InChI=1S/C20H24N2O5S/c1-14(2)22(4)28(25,26)18-11-9-17(10-12-18)21-19(23)13-27-20(24)16-7-5-15(3)6-8-16/h5-12,14H,13H2,1-4H3,(H,21,23). The normalized spacial score (nSPS) is 11.5. The van der Waals surface area contributed by atoms with Gasteiger partial charge in [0.2, 0.25) is 10.0 Å². The number of rotatable bonds is 7. The van der Waals surface area contributed by atoms with Crippen LogP contribution in [0.25, 0.3) is 0 Å². The van der Waals surface area contributed by atoms with E-state index in [9.17, 15) is 18.0 Å². The van der Waals surface area contributed by atoms with E-state index in [1.807, 2.05) is 6.92 Å². The van der Waals surface area contributed by atoms with Crippen molar-refractivity contribution >= 4 is 27.6 Å². The quantitative estimate of drug-likeness (QED) is 0.717. The number of carbonyl (C=O) groups is 2. The number of sulfonamides is 1. The Morgan fingerprint density at radius 1 is 1.04 bits per heavy atom. The van der Waals surface area contributed by atoms with Gasteiger partial charge in [-0.05, 0) is 57.2 Å². The molecule has 1 N–H and O–H groups in total. The van der Waals surface area contributed by atoms with E-state index in [-0.39, 0.29) is 10.9 Å². The Kier molecular flexibility index (Phi) is 6.93. The topological polar surface area (TPSA) is 92.8 Å². The first-order valence-corrected chi connectivity index (χ1v) is 10.2. The van der Waals surface area contributed by atoms with Crippen LogP contribution in [0.3, 0.4) is 0 Å². The zero-order valence-electron chi connectivity index (χ0n) is 16.3. The lowest BCUT2D eigenvalue weighted by Gasteiger charge is -2.21. The highest BCUT2D eigenvalue weighted by atomic mass is 32.2. The molecule has 0 unspecified atom stereocenters. The molecule has 0 bridgehead atoms. The smallest absolute Gasteiger partial charge is 0.338 e. The number of anilines is 1. The summed E-state index contributed by atoms with van der Waals surface area (Å²) in [5, 5.41) is 2.56. The zero-order chi connectivity index (χ0) is 20.9. The second-order valence-electron chi connectivity index (χ2n) is 6.63. The molecule has 1 amide bonds. The van der Waals surface area contributed by atoms with Crippen molar-refractivity contribution < 1.29 is 22.7 Å². The molecule has 28 heavy (non-hydrogen) atoms. The second-order valence-corrected chi connectivity index (χ2v) is 8.63. The molecular weight excluding hydrogens is 380 g/mol. The molecule has 0 saturated heterocycles. The van der Waals surface area contributed by atoms with Crippen molar-refractivity contribution in [3.05, 3.63) is 59.7 Å². The summed E-state index contributed by atoms with van der Waals surface area (Å²) in [6, 6.07) is 12.5. The predicted molar refractivity (Wildman–Crippen MR) is 107 cm³/mol. The van der Waals surface area contributed by atoms with Gasteiger partial charge in [-0.1, -0.05) is 17.7 Å². The molecule has 0 aliphatic carbocycles. The summed E-state index contributed by atoms with van der Waals surface area (Å²) in [6.07, 6.45) is 0. The number of ether oxygens (including phenoxy) is 1. The SMILES string of the molecule is Cc1ccc(C(=O)OCC(=O)Nc2ccc(S(=O)(=O)N(C)C(C)C)cc2)cc1. The lowest BCUT2D eigenvalue weighted by atomic mass is 10.1. The van der Waals surface area contributed by atoms with Crippen molar-refractivity contribution in [3.63, 3.8) is 0 Å². The molecule has 0 radical (unpaired) electrons. The first-order chi connectivity index (χ1) is 13.1. The molecule has 0 saturated carbocycles. The summed E-state index contributed by atoms with van der Waals surface area (Å²) in [7, 11) is -2.08. The number of amides is 1. The van der Waals surface area contributed by atoms with Crippen molar-refractivity contribution in [2.24, 2.45) is 0 Å². The minimum absolute atomic E-state index is 0.132. The largest absolute Gasteiger partial charge is 0.452 e. The second kappa shape index (κ2) is 8.99. The molecule has 2 rings (SSSR count). The molecule has 2 aromatic carbocycles. The predicted octanol–water partition coefficient (Wildman–Crippen LogP) is 2.82. The maximum atomic E-state index is 12.4. The van der Waals surface area contributed by atoms with Crippen LogP contribution in [0, 0.1) is 6.92 Å². The molecule has 0 atom stereocenters. The molecule has 0 aliphatic rings. The van der Waals surface area contributed by atoms with Gasteiger partial charge in [0.25, 0.3) is 5.91 Å². The molecule has 0 fully saturated rings. The number of hydrogen-bond donors (Lipinski definition) is 1. The lowest BCUT2D eigenvalue weighted by molar-refractivity contribution is -0.119. The number of benzene rings is 2. The fourth-order valence-corrected chi connectivity index (χ4v) is 3.62. The van der Waals surface area contributed by atoms with Gasteiger partial charge < -0.3 is 10.1 Å². The van der Waals surface area contributed by atoms with Gasteiger partial charge in [0.05, 0.1) is 10.5 Å². The van der Waals surface area contributed by atoms with Crippen molar-refractivity contribution in [2.75, 3.05) is 19.0 Å². The van der Waals surface area contributed by atoms with Crippen LogP contribution >= 0.6 is 0 Å². The van der Waals surface area contributed by atoms with Crippen LogP contribution < -0.4 is 5.32 Å². The van der Waals surface area contributed by atoms with Crippen molar-refractivity contribution in [1.82, 2.24) is 4.31 Å². The van der Waals surface area contributed by atoms with Gasteiger partial charge in [0.15, 0.2) is 6.61 Å². The van der Waals surface area contributed by atoms with Crippen LogP contribution in [-0.4, -0.2) is 44.3 Å². The lowest BCUT2D eigenvalue weighted by Crippen LogP contribution is -2.33. The molecule has 8 heteroatoms. The van der Waals surface area contributed by atoms with Gasteiger partial charge in [-0.3, -0.25) is 4.79 Å². The van der Waals surface area contributed by atoms with Gasteiger partial charge in [-0.15, -0.1) is 0 Å². The maximum Gasteiger partial charge on any atom is 0.338 e. The minimum atomic E-state index is -3.59. The molecule has 0 heterocycles. The van der Waals surface area contributed by atoms with E-state index in [0.29, 0.717) is 11.3 Å². The Balaban J connectivity index is 1.94. The monoisotopic (exact) mass is 404 g/mol. The molecule has 2 aromatic rings. The Bertz CT molecular complexity index is 936. The maximum absolute atomic E-state index is 12.4. The van der Waals surface area contributed by atoms with Crippen molar-refractivity contribution in [1.29, 1.82) is 0 Å². The van der Waals surface area contributed by atoms with E-state index in [4.69, 9.17) is 4.74 Å². The number of nitrogens with zero attached hydrogens (tertiary/aromatic N) is 1. The number of aryl methyl sites for hydroxylation is 1. The van der Waals surface area contributed by atoms with Gasteiger partial charge in [-0.2, -0.15) is 4.31 Å². The van der Waals surface area contributed by atoms with E-state index in [2.05, 4.69) is 5.32 Å². The summed E-state index contributed by atoms with van der Waals surface area (Å²) in [5.41, 5.74) is 1.78. The summed E-state index contributed by atoms with van der Waals surface area (Å²) >= 11 is 0. The van der Waals surface area contributed by atoms with E-state index < -0.39 is 28.5 Å². The Hall–Kier alpha value is -2.71. The van der Waals surface area contributed by atoms with Crippen LogP contribution in [0.4, 0.5) is 5.69 Å². The average Bonchev–Trinajstić information content (AvgIpc) is 2.66. The van der Waals surface area contributed by atoms with E-state index in [0.717, 1.165) is 5.56 Å². The molecule has 0 spiro atoms. The van der Waals surface area contributed by atoms with Gasteiger partial charge in [-0.25, -0.2) is 13.2 Å². The van der Waals surface area contributed by atoms with E-state index in [1.165, 1.54) is 35.6 Å². The summed E-state index contributed by atoms with van der Waals surface area (Å²) < 4.78 is 31.1. The summed E-state index contributed by atoms with van der Waals surface area (Å²) in [5.74, 6) is -1.11. The first-order valence-electron chi connectivity index (χ1n) is 8.73. The van der Waals surface area contributed by atoms with E-state index >= 15 is 0 Å². The van der Waals surface area contributed by atoms with Gasteiger partial charge >= 0.3 is 5.97 Å². The fourth-order valence-electron chi connectivity index (χ4n) is 2.26. The summed E-state index contributed by atoms with van der Waals surface area (Å²) in [6.45, 7) is 5.02. The van der Waals surface area contributed by atoms with Gasteiger partial charge in [0, 0.05) is 18.8 Å². The Morgan fingerprint density at radius 2 is 1.61 bits per heavy atom. The zero-order valence-corrected chi connectivity index (χ0v) is 17.1. The highest BCUT2D eigenvalue weighted by molar-refractivity contribution is 7.89. The molecular formula is C20H24N2O5S. The molecule has 150 valence electrons. The number of nitrogens with one attached hydrogen (secondary N) is 1.